The van der Waals surface area contributed by atoms with Gasteiger partial charge in [-0.05, 0) is 25.1 Å². The van der Waals surface area contributed by atoms with Crippen LogP contribution in [0.1, 0.15) is 5.56 Å². The monoisotopic (exact) mass is 409 g/mol. The van der Waals surface area contributed by atoms with Gasteiger partial charge in [-0.3, -0.25) is 0 Å². The van der Waals surface area contributed by atoms with Crippen LogP contribution in [0, 0.1) is 6.92 Å². The van der Waals surface area contributed by atoms with Gasteiger partial charge >= 0.3 is 0 Å². The van der Waals surface area contributed by atoms with E-state index in [9.17, 15) is 8.42 Å². The third-order valence-corrected chi connectivity index (χ3v) is 6.63. The van der Waals surface area contributed by atoms with Gasteiger partial charge in [-0.1, -0.05) is 41.4 Å². The maximum atomic E-state index is 12.0. The van der Waals surface area contributed by atoms with Crippen LogP contribution < -0.4 is 9.46 Å². The molecule has 1 N–H and O–H groups in total. The molecular formula is C17H16ClN3O3S2. The van der Waals surface area contributed by atoms with E-state index in [2.05, 4.69) is 14.9 Å². The molecule has 136 valence electrons. The van der Waals surface area contributed by atoms with E-state index in [1.807, 2.05) is 37.3 Å². The van der Waals surface area contributed by atoms with E-state index in [1.54, 1.807) is 12.1 Å². The van der Waals surface area contributed by atoms with Crippen LogP contribution in [0.2, 0.25) is 4.34 Å². The normalized spacial score (nSPS) is 11.5. The zero-order chi connectivity index (χ0) is 18.6. The summed E-state index contributed by atoms with van der Waals surface area (Å²) in [7, 11) is -3.57. The van der Waals surface area contributed by atoms with E-state index < -0.39 is 10.0 Å². The van der Waals surface area contributed by atoms with E-state index in [0.717, 1.165) is 22.6 Å². The smallest absolute Gasteiger partial charge is 0.250 e. The second-order valence-corrected chi connectivity index (χ2v) is 9.14. The predicted octanol–water partition coefficient (Wildman–Crippen LogP) is 3.52. The van der Waals surface area contributed by atoms with Crippen molar-refractivity contribution in [2.45, 2.75) is 11.1 Å². The molecule has 0 unspecified atom stereocenters. The van der Waals surface area contributed by atoms with Gasteiger partial charge in [-0.15, -0.1) is 21.5 Å². The SMILES string of the molecule is Cc1ccc(-c2ccc(OCCNS(=O)(=O)c3ccc(Cl)s3)nn2)cc1. The summed E-state index contributed by atoms with van der Waals surface area (Å²) in [6.07, 6.45) is 0. The minimum Gasteiger partial charge on any atom is -0.475 e. The number of ether oxygens (including phenoxy) is 1. The number of nitrogens with one attached hydrogen (secondary N) is 1. The van der Waals surface area contributed by atoms with Gasteiger partial charge in [0.1, 0.15) is 10.8 Å². The van der Waals surface area contributed by atoms with Crippen molar-refractivity contribution in [1.29, 1.82) is 0 Å². The molecule has 0 fully saturated rings. The number of hydrogen-bond acceptors (Lipinski definition) is 6. The van der Waals surface area contributed by atoms with Gasteiger partial charge in [0.25, 0.3) is 0 Å². The minimum atomic E-state index is -3.57. The van der Waals surface area contributed by atoms with Gasteiger partial charge in [0.15, 0.2) is 0 Å². The van der Waals surface area contributed by atoms with Gasteiger partial charge in [-0.25, -0.2) is 13.1 Å². The molecule has 0 atom stereocenters. The summed E-state index contributed by atoms with van der Waals surface area (Å²) in [5, 5.41) is 8.14. The Balaban J connectivity index is 1.51. The molecule has 0 amide bonds. The summed E-state index contributed by atoms with van der Waals surface area (Å²) < 4.78 is 32.6. The first-order valence-corrected chi connectivity index (χ1v) is 10.4. The predicted molar refractivity (Wildman–Crippen MR) is 102 cm³/mol. The van der Waals surface area contributed by atoms with Crippen LogP contribution in [-0.2, 0) is 10.0 Å². The van der Waals surface area contributed by atoms with Crippen LogP contribution in [0.4, 0.5) is 0 Å². The molecule has 3 aromatic rings. The Morgan fingerprint density at radius 3 is 2.46 bits per heavy atom. The largest absolute Gasteiger partial charge is 0.475 e. The summed E-state index contributed by atoms with van der Waals surface area (Å²) in [5.74, 6) is 0.333. The maximum absolute atomic E-state index is 12.0. The Hall–Kier alpha value is -2.00. The fraction of sp³-hybridized carbons (Fsp3) is 0.176. The van der Waals surface area contributed by atoms with Crippen molar-refractivity contribution in [1.82, 2.24) is 14.9 Å². The highest BCUT2D eigenvalue weighted by atomic mass is 35.5. The first kappa shape index (κ1) is 18.8. The molecule has 3 rings (SSSR count). The average molecular weight is 410 g/mol. The van der Waals surface area contributed by atoms with Crippen molar-refractivity contribution in [3.63, 3.8) is 0 Å². The highest BCUT2D eigenvalue weighted by molar-refractivity contribution is 7.91. The van der Waals surface area contributed by atoms with Crippen LogP contribution in [0.5, 0.6) is 5.88 Å². The van der Waals surface area contributed by atoms with E-state index in [0.29, 0.717) is 10.2 Å². The summed E-state index contributed by atoms with van der Waals surface area (Å²) in [4.78, 5) is 0. The summed E-state index contributed by atoms with van der Waals surface area (Å²) in [6.45, 7) is 2.27. The first-order valence-electron chi connectivity index (χ1n) is 7.73. The van der Waals surface area contributed by atoms with Crippen molar-refractivity contribution >= 4 is 33.0 Å². The molecular weight excluding hydrogens is 394 g/mol. The zero-order valence-electron chi connectivity index (χ0n) is 13.8. The number of hydrogen-bond donors (Lipinski definition) is 1. The molecule has 0 aliphatic carbocycles. The number of aryl methyl sites for hydroxylation is 1. The van der Waals surface area contributed by atoms with Crippen molar-refractivity contribution in [2.75, 3.05) is 13.2 Å². The molecule has 2 heterocycles. The third kappa shape index (κ3) is 4.79. The van der Waals surface area contributed by atoms with Gasteiger partial charge < -0.3 is 4.74 Å². The number of aromatic nitrogens is 2. The highest BCUT2D eigenvalue weighted by Crippen LogP contribution is 2.25. The Kier molecular flexibility index (Phi) is 5.87. The van der Waals surface area contributed by atoms with Crippen molar-refractivity contribution in [2.24, 2.45) is 0 Å². The maximum Gasteiger partial charge on any atom is 0.250 e. The number of thiophene rings is 1. The summed E-state index contributed by atoms with van der Waals surface area (Å²) in [5.41, 5.74) is 2.89. The van der Waals surface area contributed by atoms with Crippen molar-refractivity contribution < 1.29 is 13.2 Å². The molecule has 0 saturated heterocycles. The first-order chi connectivity index (χ1) is 12.4. The molecule has 6 nitrogen and oxygen atoms in total. The lowest BCUT2D eigenvalue weighted by Crippen LogP contribution is -2.27. The van der Waals surface area contributed by atoms with Crippen molar-refractivity contribution in [3.8, 4) is 17.1 Å². The molecule has 0 aliphatic rings. The summed E-state index contributed by atoms with van der Waals surface area (Å²) >= 11 is 6.76. The van der Waals surface area contributed by atoms with Crippen LogP contribution in [-0.4, -0.2) is 31.8 Å². The molecule has 0 saturated carbocycles. The van der Waals surface area contributed by atoms with E-state index in [-0.39, 0.29) is 17.4 Å². The fourth-order valence-corrected chi connectivity index (χ4v) is 4.66. The number of halogens is 1. The van der Waals surface area contributed by atoms with Gasteiger partial charge in [0.05, 0.1) is 10.0 Å². The van der Waals surface area contributed by atoms with Crippen LogP contribution >= 0.6 is 22.9 Å². The number of rotatable bonds is 7. The molecule has 2 aromatic heterocycles. The third-order valence-electron chi connectivity index (χ3n) is 3.44. The van der Waals surface area contributed by atoms with Crippen LogP contribution in [0.25, 0.3) is 11.3 Å². The number of sulfonamides is 1. The molecule has 9 heteroatoms. The van der Waals surface area contributed by atoms with Gasteiger partial charge in [0.2, 0.25) is 15.9 Å². The lowest BCUT2D eigenvalue weighted by atomic mass is 10.1. The Labute approximate surface area is 160 Å². The van der Waals surface area contributed by atoms with Crippen molar-refractivity contribution in [3.05, 3.63) is 58.4 Å². The Morgan fingerprint density at radius 2 is 1.85 bits per heavy atom. The van der Waals surface area contributed by atoms with E-state index >= 15 is 0 Å². The molecule has 26 heavy (non-hydrogen) atoms. The summed E-state index contributed by atoms with van der Waals surface area (Å²) in [6, 6.07) is 14.5. The van der Waals surface area contributed by atoms with E-state index in [1.165, 1.54) is 11.6 Å². The molecule has 0 radical (unpaired) electrons. The van der Waals surface area contributed by atoms with Crippen LogP contribution in [0.3, 0.4) is 0 Å². The lowest BCUT2D eigenvalue weighted by Gasteiger charge is -2.07. The number of benzene rings is 1. The fourth-order valence-electron chi connectivity index (χ4n) is 2.12. The minimum absolute atomic E-state index is 0.110. The lowest BCUT2D eigenvalue weighted by molar-refractivity contribution is 0.307. The Morgan fingerprint density at radius 1 is 1.08 bits per heavy atom. The second-order valence-electron chi connectivity index (χ2n) is 5.43. The number of nitrogens with zero attached hydrogens (tertiary/aromatic N) is 2. The topological polar surface area (TPSA) is 81.2 Å². The van der Waals surface area contributed by atoms with E-state index in [4.69, 9.17) is 16.3 Å². The average Bonchev–Trinajstić information content (AvgIpc) is 3.07. The second kappa shape index (κ2) is 8.13. The standard InChI is InChI=1S/C17H16ClN3O3S2/c1-12-2-4-13(5-3-12)14-6-8-16(21-20-14)24-11-10-19-26(22,23)17-9-7-15(18)25-17/h2-9,19H,10-11H2,1H3. The molecule has 1 aromatic carbocycles. The molecule has 0 bridgehead atoms. The van der Waals surface area contributed by atoms with Gasteiger partial charge in [0, 0.05) is 18.2 Å². The molecule has 0 spiro atoms. The van der Waals surface area contributed by atoms with Gasteiger partial charge in [-0.2, -0.15) is 0 Å². The zero-order valence-corrected chi connectivity index (χ0v) is 16.2. The Bertz CT molecular complexity index is 971. The molecule has 0 aliphatic heterocycles. The quantitative estimate of drug-likeness (QED) is 0.604. The van der Waals surface area contributed by atoms with Crippen LogP contribution in [0.15, 0.2) is 52.7 Å². The highest BCUT2D eigenvalue weighted by Gasteiger charge is 2.15.